The van der Waals surface area contributed by atoms with Crippen molar-refractivity contribution < 1.29 is 0 Å². The average molecular weight is 281 g/mol. The Morgan fingerprint density at radius 3 is 1.89 bits per heavy atom. The first-order valence-electron chi connectivity index (χ1n) is 6.93. The molecule has 1 unspecified atom stereocenters. The lowest BCUT2D eigenvalue weighted by atomic mass is 10.4. The molecule has 3 heteroatoms. The van der Waals surface area contributed by atoms with Gasteiger partial charge in [0.1, 0.15) is 0 Å². The van der Waals surface area contributed by atoms with Crippen LogP contribution in [0, 0.1) is 0 Å². The fraction of sp³-hybridized carbons (Fsp3) is 0.667. The van der Waals surface area contributed by atoms with Gasteiger partial charge in [0.05, 0.1) is 8.07 Å². The first kappa shape index (κ1) is 15.9. The van der Waals surface area contributed by atoms with Crippen LogP contribution < -0.4 is 0 Å². The van der Waals surface area contributed by atoms with Gasteiger partial charge in [-0.25, -0.2) is 0 Å². The van der Waals surface area contributed by atoms with Gasteiger partial charge in [0.25, 0.3) is 0 Å². The van der Waals surface area contributed by atoms with E-state index in [2.05, 4.69) is 64.5 Å². The number of aromatic nitrogens is 1. The highest BCUT2D eigenvalue weighted by Crippen LogP contribution is 2.61. The first-order chi connectivity index (χ1) is 8.25. The molecule has 1 rings (SSSR count). The van der Waals surface area contributed by atoms with Gasteiger partial charge in [-0.15, -0.1) is 0 Å². The van der Waals surface area contributed by atoms with Crippen LogP contribution in [0.5, 0.6) is 0 Å². The molecule has 102 valence electrons. The number of nitrogens with zero attached hydrogens (tertiary/aromatic N) is 1. The van der Waals surface area contributed by atoms with E-state index in [-0.39, 0.29) is 7.92 Å². The van der Waals surface area contributed by atoms with Gasteiger partial charge < -0.3 is 0 Å². The lowest BCUT2D eigenvalue weighted by Crippen LogP contribution is -2.33. The SMILES string of the molecule is CC(C)P(C(C)C)C(c1ccccn1)[Si](C)(C)C. The fourth-order valence-electron chi connectivity index (χ4n) is 2.77. The molecule has 1 aromatic rings. The summed E-state index contributed by atoms with van der Waals surface area (Å²) < 4.78 is 0. The van der Waals surface area contributed by atoms with Gasteiger partial charge in [0.2, 0.25) is 0 Å². The third-order valence-corrected chi connectivity index (χ3v) is 11.7. The van der Waals surface area contributed by atoms with Crippen molar-refractivity contribution in [3.05, 3.63) is 30.1 Å². The molecule has 0 amide bonds. The van der Waals surface area contributed by atoms with Gasteiger partial charge >= 0.3 is 0 Å². The van der Waals surface area contributed by atoms with E-state index in [9.17, 15) is 0 Å². The highest BCUT2D eigenvalue weighted by molar-refractivity contribution is 7.62. The Morgan fingerprint density at radius 2 is 1.56 bits per heavy atom. The molecule has 0 aliphatic carbocycles. The summed E-state index contributed by atoms with van der Waals surface area (Å²) in [7, 11) is -1.26. The molecule has 1 aromatic heterocycles. The van der Waals surface area contributed by atoms with Gasteiger partial charge in [-0.3, -0.25) is 4.98 Å². The largest absolute Gasteiger partial charge is 0.261 e. The lowest BCUT2D eigenvalue weighted by Gasteiger charge is -2.40. The Hall–Kier alpha value is -0.203. The minimum absolute atomic E-state index is 0.00720. The fourth-order valence-corrected chi connectivity index (χ4v) is 12.0. The zero-order valence-corrected chi connectivity index (χ0v) is 14.8. The monoisotopic (exact) mass is 281 g/mol. The Bertz CT molecular complexity index is 349. The molecule has 0 saturated heterocycles. The normalized spacial score (nSPS) is 14.6. The molecular formula is C15H28NPSi. The molecular weight excluding hydrogens is 253 g/mol. The van der Waals surface area contributed by atoms with Crippen LogP contribution in [0.4, 0.5) is 0 Å². The first-order valence-corrected chi connectivity index (χ1v) is 12.1. The molecule has 0 saturated carbocycles. The summed E-state index contributed by atoms with van der Waals surface area (Å²) in [5.74, 6) is 0. The zero-order chi connectivity index (χ0) is 13.9. The maximum Gasteiger partial charge on any atom is 0.0592 e. The van der Waals surface area contributed by atoms with Gasteiger partial charge in [0, 0.05) is 17.2 Å². The highest BCUT2D eigenvalue weighted by Gasteiger charge is 2.38. The number of hydrogen-bond donors (Lipinski definition) is 0. The van der Waals surface area contributed by atoms with Crippen molar-refractivity contribution >= 4 is 16.0 Å². The summed E-state index contributed by atoms with van der Waals surface area (Å²) >= 11 is 0. The second kappa shape index (κ2) is 6.30. The van der Waals surface area contributed by atoms with Gasteiger partial charge in [-0.2, -0.15) is 0 Å². The van der Waals surface area contributed by atoms with Crippen molar-refractivity contribution in [1.82, 2.24) is 4.98 Å². The van der Waals surface area contributed by atoms with Crippen molar-refractivity contribution in [2.45, 2.75) is 63.9 Å². The summed E-state index contributed by atoms with van der Waals surface area (Å²) in [5, 5.41) is 0.716. The molecule has 0 aliphatic rings. The van der Waals surface area contributed by atoms with Crippen molar-refractivity contribution in [2.24, 2.45) is 0 Å². The Kier molecular flexibility index (Phi) is 5.55. The van der Waals surface area contributed by atoms with E-state index < -0.39 is 8.07 Å². The van der Waals surface area contributed by atoms with Crippen LogP contribution in [0.2, 0.25) is 19.6 Å². The predicted octanol–water partition coefficient (Wildman–Crippen LogP) is 5.30. The molecule has 1 heterocycles. The van der Waals surface area contributed by atoms with E-state index in [1.807, 2.05) is 12.3 Å². The quantitative estimate of drug-likeness (QED) is 0.527. The average Bonchev–Trinajstić information content (AvgIpc) is 2.24. The molecule has 1 atom stereocenters. The molecule has 0 aromatic carbocycles. The summed E-state index contributed by atoms with van der Waals surface area (Å²) in [6.07, 6.45) is 1.96. The predicted molar refractivity (Wildman–Crippen MR) is 87.5 cm³/mol. The maximum atomic E-state index is 4.68. The van der Waals surface area contributed by atoms with E-state index in [0.717, 1.165) is 11.3 Å². The van der Waals surface area contributed by atoms with Crippen LogP contribution in [-0.4, -0.2) is 24.4 Å². The second-order valence-corrected chi connectivity index (χ2v) is 15.9. The summed E-state index contributed by atoms with van der Waals surface area (Å²) in [6, 6.07) is 6.41. The van der Waals surface area contributed by atoms with E-state index >= 15 is 0 Å². The van der Waals surface area contributed by atoms with Crippen LogP contribution in [0.1, 0.15) is 38.7 Å². The van der Waals surface area contributed by atoms with Crippen LogP contribution >= 0.6 is 7.92 Å². The summed E-state index contributed by atoms with van der Waals surface area (Å²) in [6.45, 7) is 17.0. The second-order valence-electron chi connectivity index (χ2n) is 6.66. The minimum atomic E-state index is -1.25. The van der Waals surface area contributed by atoms with Crippen LogP contribution in [0.25, 0.3) is 0 Å². The van der Waals surface area contributed by atoms with Crippen molar-refractivity contribution in [1.29, 1.82) is 0 Å². The van der Waals surface area contributed by atoms with Crippen molar-refractivity contribution in [3.63, 3.8) is 0 Å². The standard InChI is InChI=1S/C15H28NPSi/c1-12(2)17(13(3)4)15(18(5,6)7)14-10-8-9-11-16-14/h8-13,15H,1-7H3. The van der Waals surface area contributed by atoms with Crippen molar-refractivity contribution in [2.75, 3.05) is 0 Å². The van der Waals surface area contributed by atoms with E-state index in [1.165, 1.54) is 5.69 Å². The zero-order valence-electron chi connectivity index (χ0n) is 12.9. The Balaban J connectivity index is 3.21. The summed E-state index contributed by atoms with van der Waals surface area (Å²) in [5.41, 5.74) is 2.89. The van der Waals surface area contributed by atoms with E-state index in [0.29, 0.717) is 5.28 Å². The number of pyridine rings is 1. The van der Waals surface area contributed by atoms with Gasteiger partial charge in [-0.1, -0.05) is 61.3 Å². The van der Waals surface area contributed by atoms with E-state index in [1.54, 1.807) is 0 Å². The molecule has 0 spiro atoms. The molecule has 0 radical (unpaired) electrons. The number of hydrogen-bond acceptors (Lipinski definition) is 1. The molecule has 1 nitrogen and oxygen atoms in total. The maximum absolute atomic E-state index is 4.68. The van der Waals surface area contributed by atoms with Gasteiger partial charge in [-0.05, 0) is 23.5 Å². The third-order valence-electron chi connectivity index (χ3n) is 3.28. The summed E-state index contributed by atoms with van der Waals surface area (Å²) in [4.78, 5) is 4.68. The molecule has 18 heavy (non-hydrogen) atoms. The molecule has 0 aliphatic heterocycles. The van der Waals surface area contributed by atoms with Crippen LogP contribution in [0.15, 0.2) is 24.4 Å². The van der Waals surface area contributed by atoms with E-state index in [4.69, 9.17) is 0 Å². The van der Waals surface area contributed by atoms with Gasteiger partial charge in [0.15, 0.2) is 0 Å². The van der Waals surface area contributed by atoms with Crippen LogP contribution in [0.3, 0.4) is 0 Å². The molecule has 0 N–H and O–H groups in total. The molecule has 0 bridgehead atoms. The van der Waals surface area contributed by atoms with Crippen LogP contribution in [-0.2, 0) is 0 Å². The highest BCUT2D eigenvalue weighted by atomic mass is 31.1. The Morgan fingerprint density at radius 1 is 1.00 bits per heavy atom. The Labute approximate surface area is 115 Å². The minimum Gasteiger partial charge on any atom is -0.261 e. The smallest absolute Gasteiger partial charge is 0.0592 e. The lowest BCUT2D eigenvalue weighted by molar-refractivity contribution is 0.966. The molecule has 0 fully saturated rings. The third kappa shape index (κ3) is 3.90. The topological polar surface area (TPSA) is 12.9 Å². The number of rotatable bonds is 5. The van der Waals surface area contributed by atoms with Crippen molar-refractivity contribution in [3.8, 4) is 0 Å².